The van der Waals surface area contributed by atoms with Crippen LogP contribution in [0.5, 0.6) is 0 Å². The second-order valence-corrected chi connectivity index (χ2v) is 15.1. The van der Waals surface area contributed by atoms with Crippen LogP contribution in [-0.2, 0) is 51.1 Å². The van der Waals surface area contributed by atoms with Crippen LogP contribution in [0.4, 0.5) is 4.79 Å². The topological polar surface area (TPSA) is 145 Å². The van der Waals surface area contributed by atoms with Crippen molar-refractivity contribution < 1.29 is 45.8 Å². The molecule has 1 aromatic heterocycles. The van der Waals surface area contributed by atoms with Crippen LogP contribution < -0.4 is 5.48 Å². The molecule has 1 aliphatic carbocycles. The highest BCUT2D eigenvalue weighted by Gasteiger charge is 2.47. The predicted molar refractivity (Wildman–Crippen MR) is 226 cm³/mol. The zero-order valence-electron chi connectivity index (χ0n) is 33.8. The van der Waals surface area contributed by atoms with Gasteiger partial charge in [0, 0.05) is 58.4 Å². The molecule has 12 heteroatoms. The highest BCUT2D eigenvalue weighted by Crippen LogP contribution is 2.44. The number of H-pyrrole nitrogens is 1. The number of rotatable bonds is 13. The normalized spacial score (nSPS) is 19.8. The Kier molecular flexibility index (Phi) is 12.6. The van der Waals surface area contributed by atoms with Gasteiger partial charge in [0.2, 0.25) is 0 Å². The number of hydrogen-bond acceptors (Lipinski definition) is 9. The number of aromatic nitrogens is 1. The molecule has 1 aliphatic heterocycles. The third kappa shape index (κ3) is 9.40. The Morgan fingerprint density at radius 1 is 0.831 bits per heavy atom. The molecule has 2 N–H and O–H groups in total. The molecule has 7 rings (SSSR count). The number of hydrogen-bond donors (Lipinski definition) is 2. The minimum Gasteiger partial charge on any atom is -0.458 e. The number of nitrogens with one attached hydrogen (secondary N) is 2. The lowest BCUT2D eigenvalue weighted by atomic mass is 9.92. The van der Waals surface area contributed by atoms with E-state index in [4.69, 9.17) is 23.8 Å². The summed E-state index contributed by atoms with van der Waals surface area (Å²) in [6, 6.07) is 32.3. The number of benzene rings is 4. The largest absolute Gasteiger partial charge is 0.458 e. The molecule has 4 aromatic carbocycles. The average molecular weight is 804 g/mol. The molecule has 2 heterocycles. The molecule has 12 nitrogen and oxygen atoms in total. The van der Waals surface area contributed by atoms with Crippen LogP contribution in [-0.4, -0.2) is 71.6 Å². The number of ether oxygens (including phenoxy) is 4. The maximum Gasteiger partial charge on any atom is 0.410 e. The highest BCUT2D eigenvalue weighted by atomic mass is 16.8. The van der Waals surface area contributed by atoms with Crippen molar-refractivity contribution in [1.29, 1.82) is 0 Å². The van der Waals surface area contributed by atoms with Crippen LogP contribution in [0.15, 0.2) is 103 Å². The summed E-state index contributed by atoms with van der Waals surface area (Å²) in [5.41, 5.74) is 12.0. The van der Waals surface area contributed by atoms with Gasteiger partial charge in [0.05, 0.1) is 12.0 Å². The van der Waals surface area contributed by atoms with E-state index >= 15 is 0 Å². The average Bonchev–Trinajstić information content (AvgIpc) is 3.72. The SMILES string of the molecule is CC(=O)O[C@H]1[C@H](C)[C@H](ONC(=O)/C=C/c2ccc(CN(CCc3c(C)[nH]c4ccccc34)C(=O)OCC3c4ccccc4-c4ccccc43)cc2)O[C@@H](C)[C@H]1OC(C)=O.[HH].[HH]. The van der Waals surface area contributed by atoms with Crippen LogP contribution in [0.25, 0.3) is 28.1 Å². The van der Waals surface area contributed by atoms with Crippen molar-refractivity contribution in [3.63, 3.8) is 0 Å². The van der Waals surface area contributed by atoms with Gasteiger partial charge in [0.15, 0.2) is 12.4 Å². The standard InChI is InChI=1S/C47H49N3O9.2H2/c1-28-44(57-31(4)51)45(58-32(5)52)30(3)56-46(28)59-49-43(53)23-22-33-18-20-34(21-19-33)26-50(25-24-35-29(2)48-42-17-11-10-16-40(35)42)47(54)55-27-41-38-14-8-6-12-36(38)37-13-7-9-15-39(37)41;;/h6-23,28,30,41,44-46,48H,24-27H2,1-5H3,(H,49,53);2*1H/b23-22+;;/t28-,30-,44-,45+,46-;;/m0../s1. The molecule has 5 atom stereocenters. The van der Waals surface area contributed by atoms with Crippen molar-refractivity contribution in [2.24, 2.45) is 5.92 Å². The van der Waals surface area contributed by atoms with Crippen molar-refractivity contribution in [3.8, 4) is 11.1 Å². The molecular formula is C47H53N3O9. The van der Waals surface area contributed by atoms with Gasteiger partial charge in [-0.05, 0) is 71.4 Å². The van der Waals surface area contributed by atoms with E-state index in [2.05, 4.69) is 53.8 Å². The Balaban J connectivity index is 0.00000352. The van der Waals surface area contributed by atoms with E-state index < -0.39 is 54.5 Å². The third-order valence-corrected chi connectivity index (χ3v) is 11.0. The summed E-state index contributed by atoms with van der Waals surface area (Å²) in [6.07, 6.45) is -0.115. The number of nitrogens with zero attached hydrogens (tertiary/aromatic N) is 1. The van der Waals surface area contributed by atoms with Gasteiger partial charge in [0.1, 0.15) is 12.7 Å². The molecule has 1 saturated heterocycles. The molecule has 2 aliphatic rings. The predicted octanol–water partition coefficient (Wildman–Crippen LogP) is 8.27. The number of esters is 2. The molecule has 1 fully saturated rings. The molecule has 0 spiro atoms. The first kappa shape index (κ1) is 40.9. The highest BCUT2D eigenvalue weighted by molar-refractivity contribution is 5.91. The van der Waals surface area contributed by atoms with E-state index in [0.29, 0.717) is 19.5 Å². The number of hydroxylamine groups is 1. The molecule has 0 bridgehead atoms. The fourth-order valence-electron chi connectivity index (χ4n) is 8.09. The van der Waals surface area contributed by atoms with Gasteiger partial charge >= 0.3 is 18.0 Å². The van der Waals surface area contributed by atoms with Gasteiger partial charge < -0.3 is 28.8 Å². The lowest BCUT2D eigenvalue weighted by molar-refractivity contribution is -0.292. The minimum atomic E-state index is -0.975. The monoisotopic (exact) mass is 803 g/mol. The summed E-state index contributed by atoms with van der Waals surface area (Å²) in [6.45, 7) is 8.94. The Labute approximate surface area is 346 Å². The van der Waals surface area contributed by atoms with Crippen LogP contribution >= 0.6 is 0 Å². The number of amides is 2. The van der Waals surface area contributed by atoms with Crippen LogP contribution in [0, 0.1) is 12.8 Å². The fourth-order valence-corrected chi connectivity index (χ4v) is 8.09. The van der Waals surface area contributed by atoms with Gasteiger partial charge in [-0.3, -0.25) is 14.4 Å². The van der Waals surface area contributed by atoms with Gasteiger partial charge in [-0.1, -0.05) is 97.9 Å². The Hall–Kier alpha value is -6.24. The first-order valence-electron chi connectivity index (χ1n) is 19.9. The number of aryl methyl sites for hydroxylation is 1. The van der Waals surface area contributed by atoms with Gasteiger partial charge in [0.25, 0.3) is 5.91 Å². The van der Waals surface area contributed by atoms with Crippen molar-refractivity contribution in [3.05, 3.63) is 137 Å². The molecule has 0 saturated carbocycles. The van der Waals surface area contributed by atoms with Crippen molar-refractivity contribution in [2.75, 3.05) is 13.2 Å². The maximum atomic E-state index is 14.0. The minimum absolute atomic E-state index is 0. The first-order chi connectivity index (χ1) is 28.5. The van der Waals surface area contributed by atoms with Crippen molar-refractivity contribution in [2.45, 2.75) is 78.1 Å². The Bertz CT molecular complexity index is 2320. The number of carbonyl (C=O) groups is 4. The summed E-state index contributed by atoms with van der Waals surface area (Å²) in [5.74, 6) is -2.26. The van der Waals surface area contributed by atoms with Crippen LogP contribution in [0.2, 0.25) is 0 Å². The summed E-state index contributed by atoms with van der Waals surface area (Å²) in [7, 11) is 0. The summed E-state index contributed by atoms with van der Waals surface area (Å²) >= 11 is 0. The second-order valence-electron chi connectivity index (χ2n) is 15.1. The third-order valence-electron chi connectivity index (χ3n) is 11.0. The number of aromatic amines is 1. The van der Waals surface area contributed by atoms with E-state index in [1.807, 2.05) is 60.7 Å². The van der Waals surface area contributed by atoms with Crippen LogP contribution in [0.1, 0.15) is 70.0 Å². The zero-order chi connectivity index (χ0) is 41.6. The fraction of sp³-hybridized carbons (Fsp3) is 0.319. The number of para-hydroxylation sites is 1. The van der Waals surface area contributed by atoms with E-state index in [1.165, 1.54) is 31.1 Å². The van der Waals surface area contributed by atoms with Gasteiger partial charge in [-0.2, -0.15) is 0 Å². The molecule has 59 heavy (non-hydrogen) atoms. The molecule has 2 amide bonds. The molecule has 5 aromatic rings. The number of carbonyl (C=O) groups excluding carboxylic acids is 4. The van der Waals surface area contributed by atoms with Crippen LogP contribution in [0.3, 0.4) is 0 Å². The Morgan fingerprint density at radius 2 is 1.46 bits per heavy atom. The quantitative estimate of drug-likeness (QED) is 0.0520. The molecule has 310 valence electrons. The van der Waals surface area contributed by atoms with Crippen molar-refractivity contribution in [1.82, 2.24) is 15.4 Å². The summed E-state index contributed by atoms with van der Waals surface area (Å²) < 4.78 is 22.8. The van der Waals surface area contributed by atoms with Gasteiger partial charge in [-0.15, -0.1) is 0 Å². The van der Waals surface area contributed by atoms with Gasteiger partial charge in [-0.25, -0.2) is 15.1 Å². The van der Waals surface area contributed by atoms with E-state index in [9.17, 15) is 19.2 Å². The first-order valence-corrected chi connectivity index (χ1v) is 19.9. The van der Waals surface area contributed by atoms with E-state index in [-0.39, 0.29) is 15.4 Å². The molecule has 0 radical (unpaired) electrons. The maximum absolute atomic E-state index is 14.0. The lowest BCUT2D eigenvalue weighted by Gasteiger charge is -2.42. The van der Waals surface area contributed by atoms with Crippen molar-refractivity contribution >= 4 is 40.9 Å². The second kappa shape index (κ2) is 18.1. The molecular weight excluding hydrogens is 751 g/mol. The smallest absolute Gasteiger partial charge is 0.410 e. The number of fused-ring (bicyclic) bond motifs is 4. The molecule has 0 unspecified atom stereocenters. The summed E-state index contributed by atoms with van der Waals surface area (Å²) in [4.78, 5) is 61.1. The van der Waals surface area contributed by atoms with E-state index in [0.717, 1.165) is 44.4 Å². The lowest BCUT2D eigenvalue weighted by Crippen LogP contribution is -2.57. The zero-order valence-corrected chi connectivity index (χ0v) is 33.8. The Morgan fingerprint density at radius 3 is 2.14 bits per heavy atom. The summed E-state index contributed by atoms with van der Waals surface area (Å²) in [5, 5.41) is 1.14. The van der Waals surface area contributed by atoms with E-state index in [1.54, 1.807) is 24.8 Å².